The Morgan fingerprint density at radius 3 is 2.43 bits per heavy atom. The predicted octanol–water partition coefficient (Wildman–Crippen LogP) is 6.84. The van der Waals surface area contributed by atoms with Gasteiger partial charge in [-0.3, -0.25) is 4.79 Å². The van der Waals surface area contributed by atoms with E-state index in [1.54, 1.807) is 23.5 Å². The van der Waals surface area contributed by atoms with Crippen LogP contribution in [0.1, 0.15) is 53.1 Å². The van der Waals surface area contributed by atoms with Gasteiger partial charge in [0, 0.05) is 28.0 Å². The third kappa shape index (κ3) is 4.82. The van der Waals surface area contributed by atoms with Crippen LogP contribution in [0.5, 0.6) is 0 Å². The van der Waals surface area contributed by atoms with Crippen molar-refractivity contribution in [1.29, 1.82) is 0 Å². The summed E-state index contributed by atoms with van der Waals surface area (Å²) in [5.41, 5.74) is 13.0. The molecule has 0 atom stereocenters. The molecule has 0 aliphatic heterocycles. The smallest absolute Gasteiger partial charge is 0.248 e. The van der Waals surface area contributed by atoms with Gasteiger partial charge in [-0.1, -0.05) is 43.7 Å². The predicted molar refractivity (Wildman–Crippen MR) is 127 cm³/mol. The van der Waals surface area contributed by atoms with E-state index in [0.717, 1.165) is 30.4 Å². The number of hydrogen-bond donors (Lipinski definition) is 2. The van der Waals surface area contributed by atoms with Gasteiger partial charge in [0.15, 0.2) is 0 Å². The summed E-state index contributed by atoms with van der Waals surface area (Å²) in [6.45, 7) is 6.05. The number of aryl methyl sites for hydroxylation is 3. The Kier molecular flexibility index (Phi) is 7.11. The molecule has 0 saturated carbocycles. The Labute approximate surface area is 182 Å². The zero-order chi connectivity index (χ0) is 21.7. The molecule has 1 aromatic heterocycles. The summed E-state index contributed by atoms with van der Waals surface area (Å²) in [6, 6.07) is 14.4. The summed E-state index contributed by atoms with van der Waals surface area (Å²) < 4.78 is 0. The fourth-order valence-corrected chi connectivity index (χ4v) is 4.78. The molecular weight excluding hydrogens is 390 g/mol. The number of allylic oxidation sites excluding steroid dienone is 2. The number of rotatable bonds is 8. The van der Waals surface area contributed by atoms with E-state index in [4.69, 9.17) is 5.73 Å². The van der Waals surface area contributed by atoms with Crippen molar-refractivity contribution in [1.82, 2.24) is 0 Å². The summed E-state index contributed by atoms with van der Waals surface area (Å²) in [7, 11) is 0. The van der Waals surface area contributed by atoms with E-state index >= 15 is 0 Å². The maximum absolute atomic E-state index is 11.6. The van der Waals surface area contributed by atoms with E-state index in [-0.39, 0.29) is 0 Å². The molecule has 156 valence electrons. The minimum Gasteiger partial charge on any atom is -0.513 e. The maximum Gasteiger partial charge on any atom is 0.248 e. The fraction of sp³-hybridized carbons (Fsp3) is 0.269. The molecule has 0 spiro atoms. The van der Waals surface area contributed by atoms with Gasteiger partial charge in [-0.05, 0) is 72.5 Å². The van der Waals surface area contributed by atoms with Crippen LogP contribution < -0.4 is 5.73 Å². The molecule has 0 unspecified atom stereocenters. The van der Waals surface area contributed by atoms with Gasteiger partial charge in [0.2, 0.25) is 5.91 Å². The van der Waals surface area contributed by atoms with E-state index < -0.39 is 5.91 Å². The first-order valence-electron chi connectivity index (χ1n) is 10.4. The fourth-order valence-electron chi connectivity index (χ4n) is 3.71. The lowest BCUT2D eigenvalue weighted by Gasteiger charge is -2.13. The van der Waals surface area contributed by atoms with Crippen LogP contribution in [0.25, 0.3) is 22.3 Å². The maximum atomic E-state index is 11.6. The van der Waals surface area contributed by atoms with Crippen LogP contribution in [0, 0.1) is 6.92 Å². The standard InChI is InChI=1S/C26H29NO2S/c1-4-6-18-7-9-19(10-8-18)23-16-30-24(14-12-21(28)5-2)25(23)22-13-11-20(26(27)29)15-17(22)3/h5,7-11,13,15-16,28H,4,6,12,14H2,1-3H3,(H2,27,29). The molecule has 3 N–H and O–H groups in total. The summed E-state index contributed by atoms with van der Waals surface area (Å²) in [5.74, 6) is -0.0134. The average Bonchev–Trinajstić information content (AvgIpc) is 3.16. The topological polar surface area (TPSA) is 63.3 Å². The SMILES string of the molecule is CC=C(O)CCc1scc(-c2ccc(CCC)cc2)c1-c1ccc(C(N)=O)cc1C. The molecule has 3 rings (SSSR count). The second-order valence-electron chi connectivity index (χ2n) is 7.57. The van der Waals surface area contributed by atoms with Crippen LogP contribution in [0.15, 0.2) is 59.7 Å². The van der Waals surface area contributed by atoms with E-state index in [9.17, 15) is 9.90 Å². The number of thiophene rings is 1. The normalized spacial score (nSPS) is 11.6. The highest BCUT2D eigenvalue weighted by Gasteiger charge is 2.18. The minimum absolute atomic E-state index is 0.403. The second-order valence-corrected chi connectivity index (χ2v) is 8.53. The number of amides is 1. The molecule has 1 amide bonds. The molecule has 2 aromatic carbocycles. The summed E-state index contributed by atoms with van der Waals surface area (Å²) in [6.07, 6.45) is 5.33. The van der Waals surface area contributed by atoms with E-state index in [1.165, 1.54) is 27.1 Å². The average molecular weight is 420 g/mol. The lowest BCUT2D eigenvalue weighted by Crippen LogP contribution is -2.11. The Balaban J connectivity index is 2.10. The number of aliphatic hydroxyl groups excluding tert-OH is 1. The summed E-state index contributed by atoms with van der Waals surface area (Å²) >= 11 is 1.72. The molecule has 3 nitrogen and oxygen atoms in total. The molecule has 3 aromatic rings. The minimum atomic E-state index is -0.417. The number of nitrogens with two attached hydrogens (primary N) is 1. The van der Waals surface area contributed by atoms with Crippen LogP contribution in [0.3, 0.4) is 0 Å². The first-order chi connectivity index (χ1) is 14.4. The largest absolute Gasteiger partial charge is 0.513 e. The van der Waals surface area contributed by atoms with E-state index in [2.05, 4.69) is 36.6 Å². The summed E-state index contributed by atoms with van der Waals surface area (Å²) in [4.78, 5) is 12.8. The highest BCUT2D eigenvalue weighted by molar-refractivity contribution is 7.11. The highest BCUT2D eigenvalue weighted by atomic mass is 32.1. The third-order valence-electron chi connectivity index (χ3n) is 5.39. The van der Waals surface area contributed by atoms with E-state index in [1.807, 2.05) is 26.0 Å². The van der Waals surface area contributed by atoms with Crippen LogP contribution in [-0.2, 0) is 12.8 Å². The van der Waals surface area contributed by atoms with Crippen molar-refractivity contribution in [3.05, 3.63) is 81.2 Å². The van der Waals surface area contributed by atoms with Gasteiger partial charge in [-0.2, -0.15) is 0 Å². The van der Waals surface area contributed by atoms with E-state index in [0.29, 0.717) is 17.7 Å². The molecule has 0 fully saturated rings. The molecule has 0 bridgehead atoms. The zero-order valence-electron chi connectivity index (χ0n) is 17.9. The van der Waals surface area contributed by atoms with Gasteiger partial charge in [-0.25, -0.2) is 0 Å². The van der Waals surface area contributed by atoms with Crippen molar-refractivity contribution in [2.24, 2.45) is 5.73 Å². The van der Waals surface area contributed by atoms with Crippen molar-refractivity contribution in [3.63, 3.8) is 0 Å². The van der Waals surface area contributed by atoms with Crippen molar-refractivity contribution in [2.75, 3.05) is 0 Å². The lowest BCUT2D eigenvalue weighted by molar-refractivity contribution is 0.1000. The number of primary amides is 1. The van der Waals surface area contributed by atoms with Crippen LogP contribution >= 0.6 is 11.3 Å². The lowest BCUT2D eigenvalue weighted by atomic mass is 9.91. The Morgan fingerprint density at radius 1 is 1.10 bits per heavy atom. The Bertz CT molecular complexity index is 1060. The number of carbonyl (C=O) groups excluding carboxylic acids is 1. The number of hydrogen-bond acceptors (Lipinski definition) is 3. The monoisotopic (exact) mass is 419 g/mol. The number of carbonyl (C=O) groups is 1. The Hall–Kier alpha value is -2.85. The van der Waals surface area contributed by atoms with Crippen molar-refractivity contribution < 1.29 is 9.90 Å². The zero-order valence-corrected chi connectivity index (χ0v) is 18.7. The van der Waals surface area contributed by atoms with Crippen molar-refractivity contribution in [3.8, 4) is 22.3 Å². The van der Waals surface area contributed by atoms with Crippen LogP contribution in [-0.4, -0.2) is 11.0 Å². The quantitative estimate of drug-likeness (QED) is 0.393. The van der Waals surface area contributed by atoms with Gasteiger partial charge in [0.05, 0.1) is 5.76 Å². The molecule has 0 saturated heterocycles. The Morgan fingerprint density at radius 2 is 1.83 bits per heavy atom. The van der Waals surface area contributed by atoms with Crippen LogP contribution in [0.2, 0.25) is 0 Å². The molecule has 0 aliphatic rings. The molecule has 30 heavy (non-hydrogen) atoms. The highest BCUT2D eigenvalue weighted by Crippen LogP contribution is 2.41. The summed E-state index contributed by atoms with van der Waals surface area (Å²) in [5, 5.41) is 12.2. The van der Waals surface area contributed by atoms with Gasteiger partial charge >= 0.3 is 0 Å². The molecule has 1 heterocycles. The second kappa shape index (κ2) is 9.77. The van der Waals surface area contributed by atoms with Crippen LogP contribution in [0.4, 0.5) is 0 Å². The first kappa shape index (κ1) is 21.8. The molecule has 4 heteroatoms. The third-order valence-corrected chi connectivity index (χ3v) is 6.44. The number of benzene rings is 2. The van der Waals surface area contributed by atoms with Gasteiger partial charge in [-0.15, -0.1) is 11.3 Å². The van der Waals surface area contributed by atoms with Gasteiger partial charge in [0.1, 0.15) is 0 Å². The first-order valence-corrected chi connectivity index (χ1v) is 11.3. The van der Waals surface area contributed by atoms with Crippen molar-refractivity contribution >= 4 is 17.2 Å². The molecule has 0 aliphatic carbocycles. The molecule has 0 radical (unpaired) electrons. The molecular formula is C26H29NO2S. The van der Waals surface area contributed by atoms with Gasteiger partial charge < -0.3 is 10.8 Å². The number of aliphatic hydroxyl groups is 1. The van der Waals surface area contributed by atoms with Crippen molar-refractivity contribution in [2.45, 2.75) is 46.5 Å². The van der Waals surface area contributed by atoms with Gasteiger partial charge in [0.25, 0.3) is 0 Å².